The number of nitrogens with one attached hydrogen (secondary N) is 2. The third kappa shape index (κ3) is 3.17. The van der Waals surface area contributed by atoms with E-state index in [0.29, 0.717) is 27.7 Å². The second kappa shape index (κ2) is 6.13. The van der Waals surface area contributed by atoms with Crippen LogP contribution in [-0.2, 0) is 4.79 Å². The first-order chi connectivity index (χ1) is 10.5. The third-order valence-electron chi connectivity index (χ3n) is 3.06. The van der Waals surface area contributed by atoms with Crippen molar-refractivity contribution in [1.82, 2.24) is 0 Å². The molecule has 1 heterocycles. The second-order valence-corrected chi connectivity index (χ2v) is 6.28. The number of anilines is 2. The molecule has 0 spiro atoms. The molecule has 3 rings (SSSR count). The lowest BCUT2D eigenvalue weighted by Crippen LogP contribution is -2.25. The zero-order valence-corrected chi connectivity index (χ0v) is 14.1. The topological polar surface area (TPSA) is 67.4 Å². The van der Waals surface area contributed by atoms with Gasteiger partial charge >= 0.3 is 0 Å². The molecule has 1 aliphatic heterocycles. The number of rotatable bonds is 2. The highest BCUT2D eigenvalue weighted by Crippen LogP contribution is 2.36. The SMILES string of the molecule is O=C1COc2cc(NC(=O)c3ccc(I)cc3)c(Cl)cc2N1. The van der Waals surface area contributed by atoms with Gasteiger partial charge in [0.05, 0.1) is 16.4 Å². The lowest BCUT2D eigenvalue weighted by Gasteiger charge is -2.19. The zero-order chi connectivity index (χ0) is 15.7. The summed E-state index contributed by atoms with van der Waals surface area (Å²) in [5.74, 6) is -0.0285. The molecule has 0 saturated carbocycles. The molecule has 0 radical (unpaired) electrons. The van der Waals surface area contributed by atoms with E-state index in [1.54, 1.807) is 24.3 Å². The molecular weight excluding hydrogens is 419 g/mol. The fourth-order valence-electron chi connectivity index (χ4n) is 1.99. The normalized spacial score (nSPS) is 12.9. The molecule has 2 N–H and O–H groups in total. The van der Waals surface area contributed by atoms with Gasteiger partial charge in [-0.25, -0.2) is 0 Å². The summed E-state index contributed by atoms with van der Waals surface area (Å²) in [5.41, 5.74) is 1.46. The van der Waals surface area contributed by atoms with Gasteiger partial charge in [-0.15, -0.1) is 0 Å². The number of ether oxygens (including phenoxy) is 1. The van der Waals surface area contributed by atoms with Gasteiger partial charge in [-0.1, -0.05) is 11.6 Å². The molecule has 1 aliphatic rings. The number of halogens is 2. The lowest BCUT2D eigenvalue weighted by molar-refractivity contribution is -0.118. The van der Waals surface area contributed by atoms with Gasteiger partial charge in [-0.2, -0.15) is 0 Å². The van der Waals surface area contributed by atoms with Crippen molar-refractivity contribution < 1.29 is 14.3 Å². The number of fused-ring (bicyclic) bond motifs is 1. The highest BCUT2D eigenvalue weighted by Gasteiger charge is 2.19. The second-order valence-electron chi connectivity index (χ2n) is 4.63. The van der Waals surface area contributed by atoms with E-state index in [1.807, 2.05) is 12.1 Å². The van der Waals surface area contributed by atoms with Crippen LogP contribution in [0.1, 0.15) is 10.4 Å². The van der Waals surface area contributed by atoms with E-state index in [1.165, 1.54) is 0 Å². The lowest BCUT2D eigenvalue weighted by atomic mass is 10.2. The molecule has 0 aliphatic carbocycles. The summed E-state index contributed by atoms with van der Waals surface area (Å²) in [7, 11) is 0. The molecule has 0 aromatic heterocycles. The number of hydrogen-bond donors (Lipinski definition) is 2. The molecule has 112 valence electrons. The molecule has 2 amide bonds. The predicted octanol–water partition coefficient (Wildman–Crippen LogP) is 3.53. The van der Waals surface area contributed by atoms with Crippen molar-refractivity contribution in [2.24, 2.45) is 0 Å². The van der Waals surface area contributed by atoms with Gasteiger partial charge in [0.2, 0.25) is 0 Å². The Balaban J connectivity index is 1.85. The maximum absolute atomic E-state index is 12.2. The minimum absolute atomic E-state index is 0.0564. The number of hydrogen-bond acceptors (Lipinski definition) is 3. The molecule has 2 aromatic rings. The Kier molecular flexibility index (Phi) is 4.21. The molecule has 0 unspecified atom stereocenters. The Hall–Kier alpha value is -1.80. The van der Waals surface area contributed by atoms with Crippen LogP contribution in [0, 0.1) is 3.57 Å². The first-order valence-electron chi connectivity index (χ1n) is 6.36. The van der Waals surface area contributed by atoms with E-state index in [9.17, 15) is 9.59 Å². The summed E-state index contributed by atoms with van der Waals surface area (Å²) in [6.07, 6.45) is 0. The number of amides is 2. The minimum Gasteiger partial charge on any atom is -0.482 e. The van der Waals surface area contributed by atoms with E-state index in [-0.39, 0.29) is 18.4 Å². The fraction of sp³-hybridized carbons (Fsp3) is 0.0667. The van der Waals surface area contributed by atoms with Crippen LogP contribution in [0.3, 0.4) is 0 Å². The van der Waals surface area contributed by atoms with E-state index >= 15 is 0 Å². The van der Waals surface area contributed by atoms with Crippen LogP contribution in [0.15, 0.2) is 36.4 Å². The molecule has 2 aromatic carbocycles. The van der Waals surface area contributed by atoms with Crippen molar-refractivity contribution in [2.45, 2.75) is 0 Å². The van der Waals surface area contributed by atoms with Crippen LogP contribution < -0.4 is 15.4 Å². The number of carbonyl (C=O) groups excluding carboxylic acids is 2. The third-order valence-corrected chi connectivity index (χ3v) is 4.09. The summed E-state index contributed by atoms with van der Waals surface area (Å²) in [5, 5.41) is 5.72. The van der Waals surface area contributed by atoms with Crippen molar-refractivity contribution >= 4 is 57.4 Å². The van der Waals surface area contributed by atoms with E-state index in [0.717, 1.165) is 3.57 Å². The Labute approximate surface area is 145 Å². The van der Waals surface area contributed by atoms with Crippen LogP contribution in [0.25, 0.3) is 0 Å². The molecule has 0 saturated heterocycles. The summed E-state index contributed by atoms with van der Waals surface area (Å²) in [4.78, 5) is 23.5. The van der Waals surface area contributed by atoms with Crippen LogP contribution in [0.4, 0.5) is 11.4 Å². The van der Waals surface area contributed by atoms with Gasteiger partial charge < -0.3 is 15.4 Å². The molecule has 7 heteroatoms. The van der Waals surface area contributed by atoms with E-state index in [2.05, 4.69) is 33.2 Å². The van der Waals surface area contributed by atoms with E-state index in [4.69, 9.17) is 16.3 Å². The van der Waals surface area contributed by atoms with Crippen molar-refractivity contribution in [3.8, 4) is 5.75 Å². The van der Waals surface area contributed by atoms with Crippen molar-refractivity contribution in [3.05, 3.63) is 50.6 Å². The summed E-state index contributed by atoms with van der Waals surface area (Å²) < 4.78 is 6.36. The molecule has 5 nitrogen and oxygen atoms in total. The molecular formula is C15H10ClIN2O3. The van der Waals surface area contributed by atoms with Gasteiger partial charge in [-0.05, 0) is 52.9 Å². The van der Waals surface area contributed by atoms with Crippen molar-refractivity contribution in [2.75, 3.05) is 17.2 Å². The predicted molar refractivity (Wildman–Crippen MR) is 92.7 cm³/mol. The maximum atomic E-state index is 12.2. The van der Waals surface area contributed by atoms with E-state index < -0.39 is 0 Å². The Bertz CT molecular complexity index is 762. The highest BCUT2D eigenvalue weighted by molar-refractivity contribution is 14.1. The standard InChI is InChI=1S/C15H10ClIN2O3/c16-10-5-12-13(22-7-14(20)18-12)6-11(10)19-15(21)8-1-3-9(17)4-2-8/h1-6H,7H2,(H,18,20)(H,19,21). The Morgan fingerprint density at radius 3 is 2.73 bits per heavy atom. The maximum Gasteiger partial charge on any atom is 0.262 e. The smallest absolute Gasteiger partial charge is 0.262 e. The zero-order valence-electron chi connectivity index (χ0n) is 11.2. The average molecular weight is 429 g/mol. The molecule has 0 bridgehead atoms. The first kappa shape index (κ1) is 15.1. The van der Waals surface area contributed by atoms with Gasteiger partial charge in [0, 0.05) is 15.2 Å². The summed E-state index contributed by atoms with van der Waals surface area (Å²) in [6.45, 7) is -0.0564. The van der Waals surface area contributed by atoms with Crippen molar-refractivity contribution in [3.63, 3.8) is 0 Å². The van der Waals surface area contributed by atoms with Gasteiger partial charge in [0.15, 0.2) is 6.61 Å². The molecule has 22 heavy (non-hydrogen) atoms. The van der Waals surface area contributed by atoms with Crippen LogP contribution in [0.2, 0.25) is 5.02 Å². The average Bonchev–Trinajstić information content (AvgIpc) is 2.49. The summed E-state index contributed by atoms with van der Waals surface area (Å²) >= 11 is 8.31. The van der Waals surface area contributed by atoms with Gasteiger partial charge in [-0.3, -0.25) is 9.59 Å². The van der Waals surface area contributed by atoms with Crippen LogP contribution >= 0.6 is 34.2 Å². The molecule has 0 atom stereocenters. The van der Waals surface area contributed by atoms with Crippen LogP contribution in [0.5, 0.6) is 5.75 Å². The Morgan fingerprint density at radius 1 is 1.27 bits per heavy atom. The van der Waals surface area contributed by atoms with Gasteiger partial charge in [0.1, 0.15) is 5.75 Å². The van der Waals surface area contributed by atoms with Crippen LogP contribution in [-0.4, -0.2) is 18.4 Å². The van der Waals surface area contributed by atoms with Gasteiger partial charge in [0.25, 0.3) is 11.8 Å². The number of benzene rings is 2. The number of carbonyl (C=O) groups is 2. The molecule has 0 fully saturated rings. The quantitative estimate of drug-likeness (QED) is 0.719. The monoisotopic (exact) mass is 428 g/mol. The minimum atomic E-state index is -0.266. The van der Waals surface area contributed by atoms with Crippen molar-refractivity contribution in [1.29, 1.82) is 0 Å². The summed E-state index contributed by atoms with van der Waals surface area (Å²) in [6, 6.07) is 10.3. The Morgan fingerprint density at radius 2 is 2.00 bits per heavy atom. The largest absolute Gasteiger partial charge is 0.482 e. The first-order valence-corrected chi connectivity index (χ1v) is 7.82. The highest BCUT2D eigenvalue weighted by atomic mass is 127. The fourth-order valence-corrected chi connectivity index (χ4v) is 2.56.